The summed E-state index contributed by atoms with van der Waals surface area (Å²) in [7, 11) is 0. The minimum absolute atomic E-state index is 0.0594. The van der Waals surface area contributed by atoms with Crippen molar-refractivity contribution in [1.29, 1.82) is 0 Å². The number of hydrogen-bond acceptors (Lipinski definition) is 5. The molecule has 0 aromatic rings. The average Bonchev–Trinajstić information content (AvgIpc) is 3.12. The number of rotatable bonds is 9. The van der Waals surface area contributed by atoms with Crippen molar-refractivity contribution in [3.63, 3.8) is 0 Å². The number of hydrogen-bond donors (Lipinski definition) is 3. The molecule has 2 bridgehead atoms. The molecule has 0 aromatic heterocycles. The quantitative estimate of drug-likeness (QED) is 0.460. The van der Waals surface area contributed by atoms with Crippen LogP contribution in [-0.4, -0.2) is 65.3 Å². The number of amides is 2. The zero-order valence-electron chi connectivity index (χ0n) is 17.6. The van der Waals surface area contributed by atoms with E-state index in [1.807, 2.05) is 11.8 Å². The van der Waals surface area contributed by atoms with Gasteiger partial charge in [0.15, 0.2) is 0 Å². The van der Waals surface area contributed by atoms with Gasteiger partial charge in [0.25, 0.3) is 0 Å². The second kappa shape index (κ2) is 9.12. The third kappa shape index (κ3) is 4.76. The lowest BCUT2D eigenvalue weighted by Gasteiger charge is -2.69. The normalized spacial score (nSPS) is 42.2. The van der Waals surface area contributed by atoms with Crippen LogP contribution < -0.4 is 16.0 Å². The molecule has 0 spiro atoms. The van der Waals surface area contributed by atoms with E-state index in [4.69, 9.17) is 16.3 Å². The van der Waals surface area contributed by atoms with Gasteiger partial charge in [-0.25, -0.2) is 4.39 Å². The predicted octanol–water partition coefficient (Wildman–Crippen LogP) is 2.49. The molecule has 9 heteroatoms. The maximum absolute atomic E-state index is 13.7. The van der Waals surface area contributed by atoms with Gasteiger partial charge in [-0.1, -0.05) is 6.92 Å². The molecule has 1 saturated heterocycles. The Bertz CT molecular complexity index is 650. The molecule has 6 nitrogen and oxygen atoms in total. The molecule has 5 atom stereocenters. The van der Waals surface area contributed by atoms with Crippen molar-refractivity contribution < 1.29 is 18.7 Å². The summed E-state index contributed by atoms with van der Waals surface area (Å²) in [6.07, 6.45) is 4.39. The van der Waals surface area contributed by atoms with Gasteiger partial charge < -0.3 is 20.7 Å². The standard InChI is InChI=1S/C21H33ClFN3O3S/c1-2-13-9-30-18(25-13)5-6-24-19(28)20-10-21(11-20,12-20)26-17(27)8-29-14-3-4-15(22)16(23)7-14/h13-16,18,25H,2-12H2,1H3,(H,24,28)(H,26,27). The van der Waals surface area contributed by atoms with Crippen molar-refractivity contribution in [3.8, 4) is 0 Å². The van der Waals surface area contributed by atoms with E-state index in [9.17, 15) is 14.0 Å². The summed E-state index contributed by atoms with van der Waals surface area (Å²) in [6, 6.07) is 0.592. The van der Waals surface area contributed by atoms with Gasteiger partial charge in [0.2, 0.25) is 11.8 Å². The summed E-state index contributed by atoms with van der Waals surface area (Å²) in [5.74, 6) is 1.09. The largest absolute Gasteiger partial charge is 0.368 e. The molecule has 5 unspecified atom stereocenters. The molecule has 4 saturated carbocycles. The number of alkyl halides is 2. The van der Waals surface area contributed by atoms with E-state index in [1.54, 1.807) is 0 Å². The van der Waals surface area contributed by atoms with Crippen LogP contribution in [-0.2, 0) is 14.3 Å². The first kappa shape index (κ1) is 22.6. The highest BCUT2D eigenvalue weighted by Gasteiger charge is 2.72. The van der Waals surface area contributed by atoms with Crippen molar-refractivity contribution >= 4 is 35.2 Å². The Morgan fingerprint density at radius 1 is 1.30 bits per heavy atom. The third-order valence-corrected chi connectivity index (χ3v) is 8.98. The second-order valence-corrected chi connectivity index (χ2v) is 11.4. The molecule has 170 valence electrons. The van der Waals surface area contributed by atoms with Crippen LogP contribution in [0.4, 0.5) is 4.39 Å². The first-order chi connectivity index (χ1) is 14.3. The van der Waals surface area contributed by atoms with Crippen LogP contribution in [0.1, 0.15) is 58.3 Å². The van der Waals surface area contributed by atoms with Gasteiger partial charge in [-0.05, 0) is 44.9 Å². The number of thioether (sulfide) groups is 1. The first-order valence-corrected chi connectivity index (χ1v) is 12.7. The third-order valence-electron chi connectivity index (χ3n) is 7.12. The molecule has 1 aliphatic heterocycles. The SMILES string of the molecule is CCC1CSC(CCNC(=O)C23CC(NC(=O)COC4CCC(Cl)C(F)C4)(C2)C3)N1. The van der Waals surface area contributed by atoms with Crippen LogP contribution in [0.25, 0.3) is 0 Å². The lowest BCUT2D eigenvalue weighted by molar-refractivity contribution is -0.184. The Balaban J connectivity index is 1.10. The maximum atomic E-state index is 13.7. The molecule has 3 N–H and O–H groups in total. The number of ether oxygens (including phenoxy) is 1. The van der Waals surface area contributed by atoms with Gasteiger partial charge in [0.1, 0.15) is 12.8 Å². The molecule has 0 radical (unpaired) electrons. The highest BCUT2D eigenvalue weighted by molar-refractivity contribution is 8.00. The summed E-state index contributed by atoms with van der Waals surface area (Å²) in [5.41, 5.74) is -0.540. The summed E-state index contributed by atoms with van der Waals surface area (Å²) >= 11 is 7.82. The summed E-state index contributed by atoms with van der Waals surface area (Å²) in [5, 5.41) is 9.70. The second-order valence-electron chi connectivity index (χ2n) is 9.56. The highest BCUT2D eigenvalue weighted by Crippen LogP contribution is 2.67. The Hall–Kier alpha value is -0.570. The van der Waals surface area contributed by atoms with Gasteiger partial charge in [-0.3, -0.25) is 9.59 Å². The molecule has 0 aromatic carbocycles. The minimum Gasteiger partial charge on any atom is -0.368 e. The smallest absolute Gasteiger partial charge is 0.246 e. The van der Waals surface area contributed by atoms with E-state index in [1.165, 1.54) is 0 Å². The van der Waals surface area contributed by atoms with Crippen molar-refractivity contribution in [2.45, 2.75) is 92.9 Å². The highest BCUT2D eigenvalue weighted by atomic mass is 35.5. The molecule has 1 heterocycles. The van der Waals surface area contributed by atoms with E-state index in [0.29, 0.717) is 50.1 Å². The first-order valence-electron chi connectivity index (χ1n) is 11.2. The molecule has 5 aliphatic rings. The number of carbonyl (C=O) groups excluding carboxylic acids is 2. The average molecular weight is 462 g/mol. The zero-order chi connectivity index (χ0) is 21.4. The Labute approximate surface area is 187 Å². The van der Waals surface area contributed by atoms with Crippen molar-refractivity contribution in [2.24, 2.45) is 5.41 Å². The molecule has 2 amide bonds. The Morgan fingerprint density at radius 3 is 2.73 bits per heavy atom. The van der Waals surface area contributed by atoms with Gasteiger partial charge >= 0.3 is 0 Å². The lowest BCUT2D eigenvalue weighted by Crippen LogP contribution is -2.78. The van der Waals surface area contributed by atoms with Crippen molar-refractivity contribution in [3.05, 3.63) is 0 Å². The fraction of sp³-hybridized carbons (Fsp3) is 0.905. The molecular formula is C21H33ClFN3O3S. The van der Waals surface area contributed by atoms with Crippen LogP contribution >= 0.6 is 23.4 Å². The van der Waals surface area contributed by atoms with Gasteiger partial charge in [0.05, 0.1) is 22.3 Å². The predicted molar refractivity (Wildman–Crippen MR) is 116 cm³/mol. The van der Waals surface area contributed by atoms with Crippen LogP contribution in [0.3, 0.4) is 0 Å². The van der Waals surface area contributed by atoms with E-state index in [-0.39, 0.29) is 41.9 Å². The summed E-state index contributed by atoms with van der Waals surface area (Å²) in [4.78, 5) is 24.8. The fourth-order valence-corrected chi connectivity index (χ4v) is 6.98. The van der Waals surface area contributed by atoms with E-state index < -0.39 is 11.5 Å². The monoisotopic (exact) mass is 461 g/mol. The molecular weight excluding hydrogens is 429 g/mol. The fourth-order valence-electron chi connectivity index (χ4n) is 5.38. The number of halogens is 2. The Kier molecular flexibility index (Phi) is 6.88. The van der Waals surface area contributed by atoms with Gasteiger partial charge in [-0.2, -0.15) is 0 Å². The van der Waals surface area contributed by atoms with Crippen molar-refractivity contribution in [2.75, 3.05) is 18.9 Å². The van der Waals surface area contributed by atoms with Crippen LogP contribution in [0, 0.1) is 5.41 Å². The molecule has 30 heavy (non-hydrogen) atoms. The number of carbonyl (C=O) groups is 2. The minimum atomic E-state index is -1.07. The molecule has 4 aliphatic carbocycles. The van der Waals surface area contributed by atoms with Crippen LogP contribution in [0.15, 0.2) is 0 Å². The summed E-state index contributed by atoms with van der Waals surface area (Å²) < 4.78 is 19.3. The Morgan fingerprint density at radius 2 is 2.07 bits per heavy atom. The van der Waals surface area contributed by atoms with Crippen LogP contribution in [0.5, 0.6) is 0 Å². The maximum Gasteiger partial charge on any atom is 0.246 e. The lowest BCUT2D eigenvalue weighted by atomic mass is 9.39. The van der Waals surface area contributed by atoms with Gasteiger partial charge in [0, 0.05) is 30.3 Å². The topological polar surface area (TPSA) is 79.5 Å². The van der Waals surface area contributed by atoms with E-state index in [0.717, 1.165) is 18.6 Å². The molecule has 5 rings (SSSR count). The zero-order valence-corrected chi connectivity index (χ0v) is 19.1. The van der Waals surface area contributed by atoms with E-state index in [2.05, 4.69) is 22.9 Å². The van der Waals surface area contributed by atoms with Gasteiger partial charge in [-0.15, -0.1) is 23.4 Å². The summed E-state index contributed by atoms with van der Waals surface area (Å²) in [6.45, 7) is 2.82. The number of nitrogens with one attached hydrogen (secondary N) is 3. The van der Waals surface area contributed by atoms with Crippen molar-refractivity contribution in [1.82, 2.24) is 16.0 Å². The van der Waals surface area contributed by atoms with Crippen LogP contribution in [0.2, 0.25) is 0 Å². The van der Waals surface area contributed by atoms with E-state index >= 15 is 0 Å². The molecule has 5 fully saturated rings.